The maximum absolute atomic E-state index is 12.2. The second-order valence-corrected chi connectivity index (χ2v) is 8.67. The van der Waals surface area contributed by atoms with Gasteiger partial charge in [0, 0.05) is 47.3 Å². The molecule has 1 aromatic rings. The lowest BCUT2D eigenvalue weighted by atomic mass is 9.97. The van der Waals surface area contributed by atoms with Gasteiger partial charge >= 0.3 is 0 Å². The average molecular weight is 396 g/mol. The Bertz CT molecular complexity index is 531. The lowest BCUT2D eigenvalue weighted by Gasteiger charge is -2.41. The van der Waals surface area contributed by atoms with E-state index in [9.17, 15) is 4.79 Å². The van der Waals surface area contributed by atoms with Crippen LogP contribution in [0.3, 0.4) is 0 Å². The molecule has 2 rings (SSSR count). The van der Waals surface area contributed by atoms with Crippen molar-refractivity contribution in [2.45, 2.75) is 64.6 Å². The summed E-state index contributed by atoms with van der Waals surface area (Å²) in [6.45, 7) is 11.2. The molecule has 134 valence electrons. The van der Waals surface area contributed by atoms with Crippen molar-refractivity contribution in [2.24, 2.45) is 0 Å². The van der Waals surface area contributed by atoms with Crippen LogP contribution in [0.25, 0.3) is 0 Å². The Morgan fingerprint density at radius 1 is 1.25 bits per heavy atom. The molecule has 1 saturated heterocycles. The van der Waals surface area contributed by atoms with Gasteiger partial charge in [0.25, 0.3) is 0 Å². The molecule has 0 spiro atoms. The normalized spacial score (nSPS) is 18.4. The van der Waals surface area contributed by atoms with Crippen molar-refractivity contribution in [2.75, 3.05) is 18.4 Å². The number of amides is 1. The summed E-state index contributed by atoms with van der Waals surface area (Å²) in [6.07, 6.45) is 2.79. The van der Waals surface area contributed by atoms with Crippen LogP contribution in [0, 0.1) is 0 Å². The van der Waals surface area contributed by atoms with Gasteiger partial charge in [-0.1, -0.05) is 15.9 Å². The van der Waals surface area contributed by atoms with E-state index < -0.39 is 0 Å². The monoisotopic (exact) mass is 395 g/mol. The predicted molar refractivity (Wildman–Crippen MR) is 104 cm³/mol. The van der Waals surface area contributed by atoms with Crippen LogP contribution in [-0.2, 0) is 4.79 Å². The molecule has 1 aliphatic rings. The molecule has 1 unspecified atom stereocenters. The molecule has 0 bridgehead atoms. The summed E-state index contributed by atoms with van der Waals surface area (Å²) < 4.78 is 1.01. The molecular formula is C19H30BrN3O. The molecular weight excluding hydrogens is 366 g/mol. The first-order valence-corrected chi connectivity index (χ1v) is 9.60. The van der Waals surface area contributed by atoms with Gasteiger partial charge in [-0.05, 0) is 64.8 Å². The molecule has 1 amide bonds. The van der Waals surface area contributed by atoms with E-state index in [1.54, 1.807) is 0 Å². The van der Waals surface area contributed by atoms with Gasteiger partial charge in [0.2, 0.25) is 5.91 Å². The summed E-state index contributed by atoms with van der Waals surface area (Å²) in [5, 5.41) is 6.58. The quantitative estimate of drug-likeness (QED) is 0.790. The van der Waals surface area contributed by atoms with Crippen molar-refractivity contribution in [1.82, 2.24) is 10.2 Å². The van der Waals surface area contributed by atoms with Crippen molar-refractivity contribution in [3.63, 3.8) is 0 Å². The molecule has 1 atom stereocenters. The van der Waals surface area contributed by atoms with E-state index in [-0.39, 0.29) is 17.5 Å². The van der Waals surface area contributed by atoms with E-state index in [1.165, 1.54) is 0 Å². The molecule has 1 heterocycles. The highest BCUT2D eigenvalue weighted by Crippen LogP contribution is 2.20. The minimum atomic E-state index is 0.0597. The van der Waals surface area contributed by atoms with Gasteiger partial charge in [-0.3, -0.25) is 9.69 Å². The fourth-order valence-electron chi connectivity index (χ4n) is 3.20. The Balaban J connectivity index is 1.72. The number of carbonyl (C=O) groups is 1. The number of nitrogens with one attached hydrogen (secondary N) is 2. The van der Waals surface area contributed by atoms with Crippen LogP contribution in [0.4, 0.5) is 5.69 Å². The van der Waals surface area contributed by atoms with Crippen LogP contribution >= 0.6 is 15.9 Å². The molecule has 0 saturated carbocycles. The van der Waals surface area contributed by atoms with Crippen LogP contribution in [0.2, 0.25) is 0 Å². The minimum absolute atomic E-state index is 0.0597. The average Bonchev–Trinajstić information content (AvgIpc) is 2.49. The third-order valence-electron chi connectivity index (χ3n) is 4.58. The fourth-order valence-corrected chi connectivity index (χ4v) is 3.47. The number of nitrogens with zero attached hydrogens (tertiary/aromatic N) is 1. The Labute approximate surface area is 154 Å². The van der Waals surface area contributed by atoms with E-state index in [1.807, 2.05) is 24.3 Å². The number of halogens is 1. The summed E-state index contributed by atoms with van der Waals surface area (Å²) in [5.74, 6) is 0.0597. The highest BCUT2D eigenvalue weighted by atomic mass is 79.9. The molecule has 24 heavy (non-hydrogen) atoms. The second kappa shape index (κ2) is 8.45. The van der Waals surface area contributed by atoms with Gasteiger partial charge < -0.3 is 10.6 Å². The van der Waals surface area contributed by atoms with E-state index in [2.05, 4.69) is 59.2 Å². The number of likely N-dealkylation sites (tertiary alicyclic amines) is 1. The summed E-state index contributed by atoms with van der Waals surface area (Å²) in [4.78, 5) is 14.7. The van der Waals surface area contributed by atoms with Crippen LogP contribution < -0.4 is 10.6 Å². The van der Waals surface area contributed by atoms with Crippen LogP contribution in [0.1, 0.15) is 47.0 Å². The van der Waals surface area contributed by atoms with Crippen molar-refractivity contribution in [3.05, 3.63) is 28.7 Å². The molecule has 5 heteroatoms. The molecule has 1 aliphatic heterocycles. The Kier molecular flexibility index (Phi) is 6.84. The number of anilines is 1. The van der Waals surface area contributed by atoms with Crippen LogP contribution in [0.15, 0.2) is 28.7 Å². The predicted octanol–water partition coefficient (Wildman–Crippen LogP) is 4.02. The number of benzene rings is 1. The van der Waals surface area contributed by atoms with Crippen LogP contribution in [-0.4, -0.2) is 41.5 Å². The first kappa shape index (κ1) is 19.4. The van der Waals surface area contributed by atoms with Gasteiger partial charge in [-0.25, -0.2) is 0 Å². The maximum Gasteiger partial charge on any atom is 0.225 e. The third kappa shape index (κ3) is 6.19. The van der Waals surface area contributed by atoms with Crippen molar-refractivity contribution in [3.8, 4) is 0 Å². The number of hydrogen-bond donors (Lipinski definition) is 2. The lowest BCUT2D eigenvalue weighted by Crippen LogP contribution is -2.51. The topological polar surface area (TPSA) is 44.4 Å². The highest BCUT2D eigenvalue weighted by molar-refractivity contribution is 9.10. The smallest absolute Gasteiger partial charge is 0.225 e. The zero-order valence-corrected chi connectivity index (χ0v) is 16.8. The molecule has 1 fully saturated rings. The first-order valence-electron chi connectivity index (χ1n) is 8.80. The zero-order chi connectivity index (χ0) is 17.7. The number of carbonyl (C=O) groups excluding carboxylic acids is 1. The van der Waals surface area contributed by atoms with E-state index in [4.69, 9.17) is 0 Å². The number of rotatable bonds is 5. The van der Waals surface area contributed by atoms with Gasteiger partial charge in [0.15, 0.2) is 0 Å². The summed E-state index contributed by atoms with van der Waals surface area (Å²) in [7, 11) is 0. The zero-order valence-electron chi connectivity index (χ0n) is 15.2. The molecule has 0 aromatic heterocycles. The van der Waals surface area contributed by atoms with E-state index in [0.717, 1.165) is 36.1 Å². The van der Waals surface area contributed by atoms with Gasteiger partial charge in [0.1, 0.15) is 0 Å². The van der Waals surface area contributed by atoms with Crippen molar-refractivity contribution >= 4 is 27.5 Å². The lowest BCUT2D eigenvalue weighted by molar-refractivity contribution is -0.116. The fraction of sp³-hybridized carbons (Fsp3) is 0.632. The maximum atomic E-state index is 12.2. The van der Waals surface area contributed by atoms with Gasteiger partial charge in [-0.15, -0.1) is 0 Å². The summed E-state index contributed by atoms with van der Waals surface area (Å²) in [5.41, 5.74) is 1.09. The van der Waals surface area contributed by atoms with Gasteiger partial charge in [0.05, 0.1) is 0 Å². The Hall–Kier alpha value is -0.910. The van der Waals surface area contributed by atoms with Crippen molar-refractivity contribution < 1.29 is 4.79 Å². The number of piperidine rings is 1. The summed E-state index contributed by atoms with van der Waals surface area (Å²) >= 11 is 3.40. The van der Waals surface area contributed by atoms with E-state index >= 15 is 0 Å². The Morgan fingerprint density at radius 3 is 2.38 bits per heavy atom. The Morgan fingerprint density at radius 2 is 1.83 bits per heavy atom. The molecule has 2 N–H and O–H groups in total. The third-order valence-corrected chi connectivity index (χ3v) is 5.11. The van der Waals surface area contributed by atoms with E-state index in [0.29, 0.717) is 12.5 Å². The van der Waals surface area contributed by atoms with Crippen LogP contribution in [0.5, 0.6) is 0 Å². The van der Waals surface area contributed by atoms with Gasteiger partial charge in [-0.2, -0.15) is 0 Å². The van der Waals surface area contributed by atoms with Crippen molar-refractivity contribution in [1.29, 1.82) is 0 Å². The standard InChI is InChI=1S/C19H30BrN3O/c1-14(13-18(24)22-16-7-5-15(20)6-8-16)21-17-9-11-23(12-10-17)19(2,3)4/h5-8,14,17,21H,9-13H2,1-4H3,(H,22,24). The largest absolute Gasteiger partial charge is 0.326 e. The second-order valence-electron chi connectivity index (χ2n) is 7.76. The molecule has 4 nitrogen and oxygen atoms in total. The SMILES string of the molecule is CC(CC(=O)Nc1ccc(Br)cc1)NC1CCN(C(C)(C)C)CC1. The molecule has 0 aliphatic carbocycles. The first-order chi connectivity index (χ1) is 11.2. The summed E-state index contributed by atoms with van der Waals surface area (Å²) in [6, 6.07) is 8.37. The minimum Gasteiger partial charge on any atom is -0.326 e. The number of hydrogen-bond acceptors (Lipinski definition) is 3. The highest BCUT2D eigenvalue weighted by Gasteiger charge is 2.27. The molecule has 0 radical (unpaired) electrons. The molecule has 1 aromatic carbocycles.